The Labute approximate surface area is 134 Å². The molecule has 0 radical (unpaired) electrons. The molecule has 1 aromatic rings. The molecule has 1 heterocycles. The topological polar surface area (TPSA) is 77.8 Å². The number of amides is 1. The van der Waals surface area contributed by atoms with Gasteiger partial charge in [-0.2, -0.15) is 0 Å². The molecule has 0 bridgehead atoms. The van der Waals surface area contributed by atoms with Gasteiger partial charge in [-0.25, -0.2) is 4.79 Å². The zero-order chi connectivity index (χ0) is 14.9. The number of hydrogen-bond donors (Lipinski definition) is 2. The first-order valence-electron chi connectivity index (χ1n) is 6.11. The standard InChI is InChI=1S/C13H14INO4S/c1-2-11-15(9(6-20-11)13(18)19)12(17)7-3-4-8(14)10(16)5-7/h3-5,9,11,16H,2,6H2,1H3,(H,18,19). The number of aliphatic carboxylic acids is 1. The average Bonchev–Trinajstić information content (AvgIpc) is 2.85. The molecule has 108 valence electrons. The van der Waals surface area contributed by atoms with Gasteiger partial charge in [0.05, 0.1) is 8.94 Å². The molecule has 2 rings (SSSR count). The predicted octanol–water partition coefficient (Wildman–Crippen LogP) is 2.38. The highest BCUT2D eigenvalue weighted by molar-refractivity contribution is 14.1. The first kappa shape index (κ1) is 15.4. The molecule has 1 aliphatic rings. The molecule has 2 unspecified atom stereocenters. The van der Waals surface area contributed by atoms with Crippen LogP contribution in [0, 0.1) is 3.57 Å². The highest BCUT2D eigenvalue weighted by atomic mass is 127. The molecule has 1 saturated heterocycles. The summed E-state index contributed by atoms with van der Waals surface area (Å²) in [6.07, 6.45) is 0.691. The molecule has 0 aromatic heterocycles. The summed E-state index contributed by atoms with van der Waals surface area (Å²) in [6.45, 7) is 1.92. The number of hydrogen-bond acceptors (Lipinski definition) is 4. The molecule has 2 N–H and O–H groups in total. The largest absolute Gasteiger partial charge is 0.507 e. The molecule has 0 aliphatic carbocycles. The molecule has 1 aromatic carbocycles. The Morgan fingerprint density at radius 2 is 2.20 bits per heavy atom. The van der Waals surface area contributed by atoms with E-state index in [2.05, 4.69) is 0 Å². The molecule has 2 atom stereocenters. The zero-order valence-corrected chi connectivity index (χ0v) is 13.7. The van der Waals surface area contributed by atoms with E-state index in [0.717, 1.165) is 0 Å². The molecule has 1 aliphatic heterocycles. The zero-order valence-electron chi connectivity index (χ0n) is 10.7. The van der Waals surface area contributed by atoms with E-state index in [9.17, 15) is 19.8 Å². The van der Waals surface area contributed by atoms with Crippen molar-refractivity contribution >= 4 is 46.2 Å². The summed E-state index contributed by atoms with van der Waals surface area (Å²) in [7, 11) is 0. The Balaban J connectivity index is 2.33. The van der Waals surface area contributed by atoms with Gasteiger partial charge in [-0.3, -0.25) is 4.79 Å². The van der Waals surface area contributed by atoms with Crippen LogP contribution < -0.4 is 0 Å². The maximum Gasteiger partial charge on any atom is 0.327 e. The van der Waals surface area contributed by atoms with Crippen LogP contribution in [-0.4, -0.2) is 44.2 Å². The third kappa shape index (κ3) is 2.88. The van der Waals surface area contributed by atoms with E-state index in [0.29, 0.717) is 21.3 Å². The van der Waals surface area contributed by atoms with Gasteiger partial charge in [0.15, 0.2) is 0 Å². The Hall–Kier alpha value is -0.960. The number of carbonyl (C=O) groups is 2. The second-order valence-electron chi connectivity index (χ2n) is 4.43. The summed E-state index contributed by atoms with van der Waals surface area (Å²) in [6, 6.07) is 3.83. The number of thioether (sulfide) groups is 1. The van der Waals surface area contributed by atoms with Crippen LogP contribution in [0.25, 0.3) is 0 Å². The fourth-order valence-electron chi connectivity index (χ4n) is 2.14. The highest BCUT2D eigenvalue weighted by Gasteiger charge is 2.41. The predicted molar refractivity (Wildman–Crippen MR) is 85.0 cm³/mol. The van der Waals surface area contributed by atoms with Crippen LogP contribution in [0.1, 0.15) is 23.7 Å². The maximum atomic E-state index is 12.5. The number of carbonyl (C=O) groups excluding carboxylic acids is 1. The van der Waals surface area contributed by atoms with Crippen molar-refractivity contribution in [1.29, 1.82) is 0 Å². The van der Waals surface area contributed by atoms with Crippen LogP contribution in [0.5, 0.6) is 5.75 Å². The van der Waals surface area contributed by atoms with E-state index < -0.39 is 12.0 Å². The van der Waals surface area contributed by atoms with Crippen molar-refractivity contribution in [3.05, 3.63) is 27.3 Å². The molecule has 1 fully saturated rings. The van der Waals surface area contributed by atoms with E-state index in [-0.39, 0.29) is 17.0 Å². The minimum Gasteiger partial charge on any atom is -0.507 e. The summed E-state index contributed by atoms with van der Waals surface area (Å²) in [4.78, 5) is 25.2. The quantitative estimate of drug-likeness (QED) is 0.753. The molecule has 1 amide bonds. The minimum absolute atomic E-state index is 0.0308. The third-order valence-corrected chi connectivity index (χ3v) is 5.52. The number of rotatable bonds is 3. The molecule has 20 heavy (non-hydrogen) atoms. The number of nitrogens with zero attached hydrogens (tertiary/aromatic N) is 1. The van der Waals surface area contributed by atoms with E-state index in [1.807, 2.05) is 29.5 Å². The average molecular weight is 407 g/mol. The Morgan fingerprint density at radius 3 is 2.75 bits per heavy atom. The normalized spacial score (nSPS) is 22.0. The lowest BCUT2D eigenvalue weighted by molar-refractivity contribution is -0.141. The number of carboxylic acids is 1. The lowest BCUT2D eigenvalue weighted by Crippen LogP contribution is -2.45. The number of benzene rings is 1. The molecule has 7 heteroatoms. The molecule has 0 saturated carbocycles. The van der Waals surface area contributed by atoms with Gasteiger partial charge >= 0.3 is 5.97 Å². The number of aromatic hydroxyl groups is 1. The number of carboxylic acid groups (broad SMARTS) is 1. The van der Waals surface area contributed by atoms with Gasteiger partial charge in [0.2, 0.25) is 0 Å². The Bertz CT molecular complexity index is 551. The van der Waals surface area contributed by atoms with Crippen molar-refractivity contribution < 1.29 is 19.8 Å². The third-order valence-electron chi connectivity index (χ3n) is 3.15. The fraction of sp³-hybridized carbons (Fsp3) is 0.385. The smallest absolute Gasteiger partial charge is 0.327 e. The summed E-state index contributed by atoms with van der Waals surface area (Å²) >= 11 is 3.44. The highest BCUT2D eigenvalue weighted by Crippen LogP contribution is 2.33. The number of phenolic OH excluding ortho intramolecular Hbond substituents is 1. The van der Waals surface area contributed by atoms with Crippen molar-refractivity contribution in [2.75, 3.05) is 5.75 Å². The molecule has 5 nitrogen and oxygen atoms in total. The van der Waals surface area contributed by atoms with E-state index in [1.54, 1.807) is 12.1 Å². The number of phenols is 1. The first-order chi connectivity index (χ1) is 9.45. The monoisotopic (exact) mass is 407 g/mol. The summed E-state index contributed by atoms with van der Waals surface area (Å²) in [5.74, 6) is -0.906. The fourth-order valence-corrected chi connectivity index (χ4v) is 3.82. The van der Waals surface area contributed by atoms with E-state index in [4.69, 9.17) is 0 Å². The van der Waals surface area contributed by atoms with E-state index in [1.165, 1.54) is 22.7 Å². The Morgan fingerprint density at radius 1 is 1.50 bits per heavy atom. The summed E-state index contributed by atoms with van der Waals surface area (Å²) < 4.78 is 0.650. The molecular formula is C13H14INO4S. The van der Waals surface area contributed by atoms with Crippen molar-refractivity contribution in [3.63, 3.8) is 0 Å². The van der Waals surface area contributed by atoms with Crippen molar-refractivity contribution in [2.45, 2.75) is 24.8 Å². The minimum atomic E-state index is -0.989. The summed E-state index contributed by atoms with van der Waals surface area (Å²) in [5.41, 5.74) is 0.315. The van der Waals surface area contributed by atoms with Gasteiger partial charge in [0.25, 0.3) is 5.91 Å². The summed E-state index contributed by atoms with van der Waals surface area (Å²) in [5, 5.41) is 18.8. The van der Waals surface area contributed by atoms with Crippen LogP contribution in [0.2, 0.25) is 0 Å². The van der Waals surface area contributed by atoms with Gasteiger partial charge in [-0.15, -0.1) is 11.8 Å². The van der Waals surface area contributed by atoms with E-state index >= 15 is 0 Å². The lowest BCUT2D eigenvalue weighted by atomic mass is 10.1. The maximum absolute atomic E-state index is 12.5. The van der Waals surface area contributed by atoms with Crippen LogP contribution in [0.4, 0.5) is 0 Å². The Kier molecular flexibility index (Phi) is 4.79. The lowest BCUT2D eigenvalue weighted by Gasteiger charge is -2.26. The van der Waals surface area contributed by atoms with Crippen LogP contribution in [0.3, 0.4) is 0 Å². The van der Waals surface area contributed by atoms with Crippen molar-refractivity contribution in [3.8, 4) is 5.75 Å². The second kappa shape index (κ2) is 6.21. The van der Waals surface area contributed by atoms with Crippen LogP contribution in [-0.2, 0) is 4.79 Å². The van der Waals surface area contributed by atoms with Crippen molar-refractivity contribution in [1.82, 2.24) is 4.90 Å². The van der Waals surface area contributed by atoms with Gasteiger partial charge in [-0.05, 0) is 47.2 Å². The van der Waals surface area contributed by atoms with Crippen LogP contribution >= 0.6 is 34.4 Å². The van der Waals surface area contributed by atoms with Crippen LogP contribution in [0.15, 0.2) is 18.2 Å². The number of halogens is 1. The van der Waals surface area contributed by atoms with Gasteiger partial charge < -0.3 is 15.1 Å². The van der Waals surface area contributed by atoms with Gasteiger partial charge in [0, 0.05) is 11.3 Å². The van der Waals surface area contributed by atoms with Gasteiger partial charge in [0.1, 0.15) is 11.8 Å². The van der Waals surface area contributed by atoms with Crippen molar-refractivity contribution in [2.24, 2.45) is 0 Å². The SMILES string of the molecule is CCC1SCC(C(=O)O)N1C(=O)c1ccc(I)c(O)c1. The van der Waals surface area contributed by atoms with Gasteiger partial charge in [-0.1, -0.05) is 6.92 Å². The molecular weight excluding hydrogens is 393 g/mol. The molecule has 0 spiro atoms. The first-order valence-corrected chi connectivity index (χ1v) is 8.24. The second-order valence-corrected chi connectivity index (χ2v) is 6.80.